The maximum atomic E-state index is 12.5. The molecule has 1 heterocycles. The normalized spacial score (nSPS) is 21.6. The number of piperidine rings is 1. The van der Waals surface area contributed by atoms with Crippen LogP contribution < -0.4 is 0 Å². The van der Waals surface area contributed by atoms with E-state index in [9.17, 15) is 9.90 Å². The van der Waals surface area contributed by atoms with E-state index in [1.807, 2.05) is 24.3 Å². The predicted octanol–water partition coefficient (Wildman–Crippen LogP) is 3.40. The van der Waals surface area contributed by atoms with E-state index >= 15 is 0 Å². The highest BCUT2D eigenvalue weighted by molar-refractivity contribution is 5.79. The number of benzene rings is 2. The second kappa shape index (κ2) is 6.51. The Bertz CT molecular complexity index is 839. The van der Waals surface area contributed by atoms with Gasteiger partial charge in [-0.25, -0.2) is 4.79 Å². The molecule has 1 saturated heterocycles. The number of amides is 1. The third-order valence-corrected chi connectivity index (χ3v) is 5.33. The average molecular weight is 347 g/mol. The van der Waals surface area contributed by atoms with E-state index in [1.165, 1.54) is 27.2 Å². The molecule has 1 amide bonds. The molecule has 1 aliphatic heterocycles. The molecule has 4 rings (SSSR count). The molecule has 2 aliphatic rings. The number of carbonyl (C=O) groups is 1. The van der Waals surface area contributed by atoms with Crippen molar-refractivity contribution in [2.24, 2.45) is 0 Å². The van der Waals surface area contributed by atoms with Gasteiger partial charge >= 0.3 is 6.09 Å². The Morgan fingerprint density at radius 3 is 2.42 bits per heavy atom. The predicted molar refractivity (Wildman–Crippen MR) is 99.7 cm³/mol. The van der Waals surface area contributed by atoms with E-state index in [0.717, 1.165) is 0 Å². The molecule has 0 radical (unpaired) electrons. The first-order chi connectivity index (χ1) is 12.6. The SMILES string of the molecule is C#CC1(O)CCCN(C(=O)OCC2c3ccccc3-c3ccccc32)C1. The molecule has 2 aromatic carbocycles. The summed E-state index contributed by atoms with van der Waals surface area (Å²) in [6.07, 6.45) is 6.17. The van der Waals surface area contributed by atoms with Gasteiger partial charge in [0, 0.05) is 12.5 Å². The van der Waals surface area contributed by atoms with Crippen molar-refractivity contribution in [3.63, 3.8) is 0 Å². The summed E-state index contributed by atoms with van der Waals surface area (Å²) in [5.41, 5.74) is 3.51. The van der Waals surface area contributed by atoms with Crippen molar-refractivity contribution >= 4 is 6.09 Å². The first-order valence-electron chi connectivity index (χ1n) is 8.91. The zero-order valence-corrected chi connectivity index (χ0v) is 14.5. The summed E-state index contributed by atoms with van der Waals surface area (Å²) in [6.45, 7) is 0.957. The fourth-order valence-corrected chi connectivity index (χ4v) is 4.00. The third kappa shape index (κ3) is 2.85. The van der Waals surface area contributed by atoms with Crippen LogP contribution in [-0.4, -0.2) is 41.4 Å². The van der Waals surface area contributed by atoms with Crippen LogP contribution in [0.25, 0.3) is 11.1 Å². The van der Waals surface area contributed by atoms with Crippen molar-refractivity contribution in [3.05, 3.63) is 59.7 Å². The van der Waals surface area contributed by atoms with Crippen molar-refractivity contribution in [1.82, 2.24) is 4.90 Å². The molecular formula is C22H21NO3. The number of hydrogen-bond acceptors (Lipinski definition) is 3. The number of rotatable bonds is 2. The Balaban J connectivity index is 1.50. The lowest BCUT2D eigenvalue weighted by Crippen LogP contribution is -2.49. The van der Waals surface area contributed by atoms with E-state index in [4.69, 9.17) is 11.2 Å². The fourth-order valence-electron chi connectivity index (χ4n) is 4.00. The second-order valence-electron chi connectivity index (χ2n) is 7.01. The van der Waals surface area contributed by atoms with Crippen molar-refractivity contribution in [2.45, 2.75) is 24.4 Å². The minimum Gasteiger partial charge on any atom is -0.448 e. The van der Waals surface area contributed by atoms with Crippen LogP contribution in [-0.2, 0) is 4.74 Å². The highest BCUT2D eigenvalue weighted by atomic mass is 16.6. The quantitative estimate of drug-likeness (QED) is 0.847. The Kier molecular flexibility index (Phi) is 4.18. The molecule has 1 atom stereocenters. The Hall–Kier alpha value is -2.77. The van der Waals surface area contributed by atoms with Gasteiger partial charge in [-0.3, -0.25) is 0 Å². The summed E-state index contributed by atoms with van der Waals surface area (Å²) in [5.74, 6) is 2.42. The van der Waals surface area contributed by atoms with Crippen LogP contribution in [0.3, 0.4) is 0 Å². The summed E-state index contributed by atoms with van der Waals surface area (Å²) < 4.78 is 5.62. The van der Waals surface area contributed by atoms with Gasteiger partial charge in [0.1, 0.15) is 12.2 Å². The minimum absolute atomic E-state index is 0.0302. The minimum atomic E-state index is -1.25. The summed E-state index contributed by atoms with van der Waals surface area (Å²) >= 11 is 0. The molecule has 1 unspecified atom stereocenters. The molecule has 0 spiro atoms. The van der Waals surface area contributed by atoms with E-state index in [1.54, 1.807) is 0 Å². The molecule has 4 nitrogen and oxygen atoms in total. The van der Waals surface area contributed by atoms with Crippen LogP contribution in [0, 0.1) is 12.3 Å². The molecule has 0 aromatic heterocycles. The molecule has 0 bridgehead atoms. The average Bonchev–Trinajstić information content (AvgIpc) is 3.00. The van der Waals surface area contributed by atoms with Gasteiger partial charge in [0.25, 0.3) is 0 Å². The van der Waals surface area contributed by atoms with Crippen molar-refractivity contribution < 1.29 is 14.6 Å². The number of carbonyl (C=O) groups excluding carboxylic acids is 1. The van der Waals surface area contributed by atoms with Gasteiger partial charge in [0.15, 0.2) is 0 Å². The summed E-state index contributed by atoms with van der Waals surface area (Å²) in [5, 5.41) is 10.3. The molecular weight excluding hydrogens is 326 g/mol. The number of hydrogen-bond donors (Lipinski definition) is 1. The number of β-amino-alcohol motifs (C(OH)–C–C–N with tert-alkyl or cyclic N) is 1. The number of aliphatic hydroxyl groups is 1. The van der Waals surface area contributed by atoms with Gasteiger partial charge in [-0.2, -0.15) is 0 Å². The van der Waals surface area contributed by atoms with Crippen molar-refractivity contribution in [2.75, 3.05) is 19.7 Å². The monoisotopic (exact) mass is 347 g/mol. The van der Waals surface area contributed by atoms with Crippen molar-refractivity contribution in [3.8, 4) is 23.5 Å². The van der Waals surface area contributed by atoms with Crippen LogP contribution >= 0.6 is 0 Å². The maximum Gasteiger partial charge on any atom is 0.409 e. The highest BCUT2D eigenvalue weighted by Crippen LogP contribution is 2.44. The van der Waals surface area contributed by atoms with Crippen LogP contribution in [0.15, 0.2) is 48.5 Å². The van der Waals surface area contributed by atoms with E-state index in [-0.39, 0.29) is 19.1 Å². The van der Waals surface area contributed by atoms with Gasteiger partial charge in [0.2, 0.25) is 0 Å². The number of terminal acetylenes is 1. The van der Waals surface area contributed by atoms with Crippen LogP contribution in [0.1, 0.15) is 29.9 Å². The lowest BCUT2D eigenvalue weighted by molar-refractivity contribution is 0.0104. The van der Waals surface area contributed by atoms with Crippen LogP contribution in [0.2, 0.25) is 0 Å². The zero-order valence-electron chi connectivity index (χ0n) is 14.5. The standard InChI is InChI=1S/C22H21NO3/c1-2-22(25)12-7-13-23(15-22)21(24)26-14-20-18-10-5-3-8-16(18)17-9-4-6-11-19(17)20/h1,3-6,8-11,20,25H,7,12-15H2. The first-order valence-corrected chi connectivity index (χ1v) is 8.91. The number of likely N-dealkylation sites (tertiary alicyclic amines) is 1. The van der Waals surface area contributed by atoms with Gasteiger partial charge in [-0.15, -0.1) is 6.42 Å². The number of nitrogens with zero attached hydrogens (tertiary/aromatic N) is 1. The Labute approximate surface area is 153 Å². The van der Waals surface area contributed by atoms with Gasteiger partial charge in [0.05, 0.1) is 6.54 Å². The largest absolute Gasteiger partial charge is 0.448 e. The topological polar surface area (TPSA) is 49.8 Å². The van der Waals surface area contributed by atoms with E-state index in [0.29, 0.717) is 19.4 Å². The molecule has 2 aromatic rings. The molecule has 26 heavy (non-hydrogen) atoms. The molecule has 132 valence electrons. The van der Waals surface area contributed by atoms with Gasteiger partial charge in [-0.05, 0) is 35.1 Å². The summed E-state index contributed by atoms with van der Waals surface area (Å²) in [7, 11) is 0. The molecule has 1 N–H and O–H groups in total. The van der Waals surface area contributed by atoms with Crippen LogP contribution in [0.5, 0.6) is 0 Å². The fraction of sp³-hybridized carbons (Fsp3) is 0.318. The highest BCUT2D eigenvalue weighted by Gasteiger charge is 2.35. The summed E-state index contributed by atoms with van der Waals surface area (Å²) in [6, 6.07) is 16.5. The smallest absolute Gasteiger partial charge is 0.409 e. The molecule has 4 heteroatoms. The summed E-state index contributed by atoms with van der Waals surface area (Å²) in [4.78, 5) is 14.0. The van der Waals surface area contributed by atoms with E-state index in [2.05, 4.69) is 30.2 Å². The number of fused-ring (bicyclic) bond motifs is 3. The lowest BCUT2D eigenvalue weighted by Gasteiger charge is -2.35. The van der Waals surface area contributed by atoms with Gasteiger partial charge < -0.3 is 14.7 Å². The molecule has 1 fully saturated rings. The molecule has 1 aliphatic carbocycles. The number of ether oxygens (including phenoxy) is 1. The third-order valence-electron chi connectivity index (χ3n) is 5.33. The second-order valence-corrected chi connectivity index (χ2v) is 7.01. The van der Waals surface area contributed by atoms with Crippen LogP contribution in [0.4, 0.5) is 4.79 Å². The van der Waals surface area contributed by atoms with E-state index < -0.39 is 11.7 Å². The zero-order chi connectivity index (χ0) is 18.1. The Morgan fingerprint density at radius 1 is 1.19 bits per heavy atom. The maximum absolute atomic E-state index is 12.5. The first kappa shape index (κ1) is 16.7. The molecule has 0 saturated carbocycles. The van der Waals surface area contributed by atoms with Gasteiger partial charge in [-0.1, -0.05) is 54.5 Å². The lowest BCUT2D eigenvalue weighted by atomic mass is 9.94. The van der Waals surface area contributed by atoms with Crippen molar-refractivity contribution in [1.29, 1.82) is 0 Å². The Morgan fingerprint density at radius 2 is 1.81 bits per heavy atom.